The molecule has 13 heavy (non-hydrogen) atoms. The second kappa shape index (κ2) is 4.50. The van der Waals surface area contributed by atoms with Crippen molar-refractivity contribution < 1.29 is 8.78 Å². The van der Waals surface area contributed by atoms with Gasteiger partial charge in [0.2, 0.25) is 0 Å². The summed E-state index contributed by atoms with van der Waals surface area (Å²) < 4.78 is 25.2. The number of rotatable bonds is 2. The van der Waals surface area contributed by atoms with Gasteiger partial charge in [0.1, 0.15) is 9.39 Å². The first-order valence-electron chi connectivity index (χ1n) is 3.35. The first-order chi connectivity index (χ1) is 6.06. The van der Waals surface area contributed by atoms with Crippen molar-refractivity contribution in [2.45, 2.75) is 11.8 Å². The van der Waals surface area contributed by atoms with Gasteiger partial charge in [-0.2, -0.15) is 0 Å². The molecule has 1 aromatic heterocycles. The molecule has 0 aromatic carbocycles. The molecule has 0 aliphatic heterocycles. The summed E-state index contributed by atoms with van der Waals surface area (Å²) in [5.41, 5.74) is 6.20. The van der Waals surface area contributed by atoms with Gasteiger partial charge in [-0.1, -0.05) is 15.9 Å². The lowest BCUT2D eigenvalue weighted by molar-refractivity contribution is 0.145. The maximum atomic E-state index is 12.4. The monoisotopic (exact) mass is 362 g/mol. The molecule has 1 heterocycles. The van der Waals surface area contributed by atoms with Gasteiger partial charge in [-0.15, -0.1) is 0 Å². The number of pyridine rings is 1. The summed E-state index contributed by atoms with van der Waals surface area (Å²) in [7, 11) is 0. The van der Waals surface area contributed by atoms with E-state index in [4.69, 9.17) is 5.73 Å². The zero-order chi connectivity index (χ0) is 10.0. The fourth-order valence-corrected chi connectivity index (χ4v) is 1.72. The highest BCUT2D eigenvalue weighted by atomic mass is 127. The molecule has 0 amide bonds. The Kier molecular flexibility index (Phi) is 3.84. The molecular formula is C7H6BrF2IN2. The minimum Gasteiger partial charge on any atom is -0.397 e. The number of nitrogens with two attached hydrogens (primary N) is 1. The van der Waals surface area contributed by atoms with Crippen LogP contribution in [0.15, 0.2) is 6.07 Å². The van der Waals surface area contributed by atoms with E-state index in [1.807, 2.05) is 22.6 Å². The van der Waals surface area contributed by atoms with Gasteiger partial charge < -0.3 is 5.73 Å². The third-order valence-electron chi connectivity index (χ3n) is 1.47. The smallest absolute Gasteiger partial charge is 0.280 e. The molecule has 0 bridgehead atoms. The lowest BCUT2D eigenvalue weighted by Gasteiger charge is -2.07. The average molecular weight is 363 g/mol. The van der Waals surface area contributed by atoms with E-state index in [0.717, 1.165) is 0 Å². The number of hydrogen-bond acceptors (Lipinski definition) is 2. The van der Waals surface area contributed by atoms with Crippen LogP contribution in [-0.2, 0) is 5.33 Å². The summed E-state index contributed by atoms with van der Waals surface area (Å²) in [4.78, 5) is 3.72. The molecule has 0 spiro atoms. The van der Waals surface area contributed by atoms with Crippen LogP contribution in [0.2, 0.25) is 0 Å². The maximum Gasteiger partial charge on any atom is 0.280 e. The van der Waals surface area contributed by atoms with Crippen LogP contribution in [0, 0.1) is 3.70 Å². The molecule has 0 fully saturated rings. The van der Waals surface area contributed by atoms with Crippen LogP contribution in [0.25, 0.3) is 0 Å². The van der Waals surface area contributed by atoms with Gasteiger partial charge in [0, 0.05) is 5.33 Å². The van der Waals surface area contributed by atoms with Crippen LogP contribution in [-0.4, -0.2) is 4.98 Å². The van der Waals surface area contributed by atoms with Crippen molar-refractivity contribution in [3.63, 3.8) is 0 Å². The highest BCUT2D eigenvalue weighted by Gasteiger charge is 2.16. The Labute approximate surface area is 96.2 Å². The number of alkyl halides is 3. The van der Waals surface area contributed by atoms with E-state index in [0.29, 0.717) is 20.3 Å². The zero-order valence-corrected chi connectivity index (χ0v) is 10.1. The van der Waals surface area contributed by atoms with E-state index < -0.39 is 6.43 Å². The number of nitrogen functional groups attached to an aromatic ring is 1. The molecule has 0 saturated carbocycles. The molecular weight excluding hydrogens is 357 g/mol. The molecule has 2 nitrogen and oxygen atoms in total. The summed E-state index contributed by atoms with van der Waals surface area (Å²) in [6.45, 7) is 0. The highest BCUT2D eigenvalue weighted by Crippen LogP contribution is 2.26. The van der Waals surface area contributed by atoms with Crippen molar-refractivity contribution in [3.05, 3.63) is 21.0 Å². The second-order valence-electron chi connectivity index (χ2n) is 2.35. The molecule has 0 aliphatic carbocycles. The molecule has 0 radical (unpaired) electrons. The van der Waals surface area contributed by atoms with Crippen molar-refractivity contribution in [2.75, 3.05) is 5.73 Å². The minimum atomic E-state index is -2.55. The molecule has 0 unspecified atom stereocenters. The first-order valence-corrected chi connectivity index (χ1v) is 5.55. The quantitative estimate of drug-likeness (QED) is 0.499. The molecule has 1 aromatic rings. The van der Waals surface area contributed by atoms with Crippen molar-refractivity contribution in [1.29, 1.82) is 0 Å². The van der Waals surface area contributed by atoms with Gasteiger partial charge in [-0.25, -0.2) is 13.8 Å². The van der Waals surface area contributed by atoms with Crippen LogP contribution >= 0.6 is 38.5 Å². The van der Waals surface area contributed by atoms with Crippen molar-refractivity contribution in [2.24, 2.45) is 0 Å². The van der Waals surface area contributed by atoms with Crippen molar-refractivity contribution in [1.82, 2.24) is 4.98 Å². The second-order valence-corrected chi connectivity index (χ2v) is 3.93. The minimum absolute atomic E-state index is 0.199. The Hall–Kier alpha value is 0.0200. The van der Waals surface area contributed by atoms with Gasteiger partial charge in [0.15, 0.2) is 0 Å². The first kappa shape index (κ1) is 11.1. The standard InChI is InChI=1S/C7H6BrF2IN2/c8-2-3-1-4(12)7(11)13-5(3)6(9)10/h1,6H,2,12H2. The third-order valence-corrected chi connectivity index (χ3v) is 2.93. The van der Waals surface area contributed by atoms with Gasteiger partial charge in [-0.05, 0) is 34.2 Å². The molecule has 72 valence electrons. The van der Waals surface area contributed by atoms with E-state index in [2.05, 4.69) is 20.9 Å². The van der Waals surface area contributed by atoms with E-state index in [9.17, 15) is 8.78 Å². The SMILES string of the molecule is Nc1cc(CBr)c(C(F)F)nc1I. The lowest BCUT2D eigenvalue weighted by atomic mass is 10.2. The Bertz CT molecular complexity index is 320. The van der Waals surface area contributed by atoms with Gasteiger partial charge >= 0.3 is 0 Å². The Morgan fingerprint density at radius 2 is 2.23 bits per heavy atom. The molecule has 6 heteroatoms. The number of nitrogens with zero attached hydrogens (tertiary/aromatic N) is 1. The van der Waals surface area contributed by atoms with Crippen molar-refractivity contribution in [3.8, 4) is 0 Å². The summed E-state index contributed by atoms with van der Waals surface area (Å²) in [6.07, 6.45) is -2.55. The van der Waals surface area contributed by atoms with Gasteiger partial charge in [-0.3, -0.25) is 0 Å². The Morgan fingerprint density at radius 1 is 1.62 bits per heavy atom. The van der Waals surface area contributed by atoms with Crippen LogP contribution in [0.3, 0.4) is 0 Å². The van der Waals surface area contributed by atoms with E-state index in [1.165, 1.54) is 6.07 Å². The summed E-state index contributed by atoms with van der Waals surface area (Å²) >= 11 is 4.94. The Morgan fingerprint density at radius 3 is 2.69 bits per heavy atom. The summed E-state index contributed by atoms with van der Waals surface area (Å²) in [6, 6.07) is 1.52. The number of halogens is 4. The number of anilines is 1. The van der Waals surface area contributed by atoms with E-state index in [-0.39, 0.29) is 5.69 Å². The van der Waals surface area contributed by atoms with Crippen molar-refractivity contribution >= 4 is 44.2 Å². The van der Waals surface area contributed by atoms with Gasteiger partial charge in [0.05, 0.1) is 5.69 Å². The number of hydrogen-bond donors (Lipinski definition) is 1. The fourth-order valence-electron chi connectivity index (χ4n) is 0.859. The normalized spacial score (nSPS) is 10.8. The Balaban J connectivity index is 3.25. The molecule has 0 aliphatic rings. The summed E-state index contributed by atoms with van der Waals surface area (Å²) in [5.74, 6) is 0. The molecule has 0 atom stereocenters. The average Bonchev–Trinajstić information content (AvgIpc) is 2.08. The van der Waals surface area contributed by atoms with Crippen LogP contribution in [0.1, 0.15) is 17.7 Å². The third kappa shape index (κ3) is 2.49. The van der Waals surface area contributed by atoms with E-state index >= 15 is 0 Å². The fraction of sp³-hybridized carbons (Fsp3) is 0.286. The number of aromatic nitrogens is 1. The summed E-state index contributed by atoms with van der Waals surface area (Å²) in [5, 5.41) is 0.334. The molecule has 0 saturated heterocycles. The van der Waals surface area contributed by atoms with Gasteiger partial charge in [0.25, 0.3) is 6.43 Å². The largest absolute Gasteiger partial charge is 0.397 e. The van der Waals surface area contributed by atoms with Crippen LogP contribution in [0.4, 0.5) is 14.5 Å². The maximum absolute atomic E-state index is 12.4. The highest BCUT2D eigenvalue weighted by molar-refractivity contribution is 14.1. The van der Waals surface area contributed by atoms with Crippen LogP contribution in [0.5, 0.6) is 0 Å². The van der Waals surface area contributed by atoms with Crippen LogP contribution < -0.4 is 5.73 Å². The topological polar surface area (TPSA) is 38.9 Å². The zero-order valence-electron chi connectivity index (χ0n) is 6.40. The molecule has 1 rings (SSSR count). The lowest BCUT2D eigenvalue weighted by Crippen LogP contribution is -2.02. The predicted molar refractivity (Wildman–Crippen MR) is 59.0 cm³/mol. The molecule has 2 N–H and O–H groups in total. The predicted octanol–water partition coefficient (Wildman–Crippen LogP) is 3.10. The van der Waals surface area contributed by atoms with E-state index in [1.54, 1.807) is 0 Å².